The summed E-state index contributed by atoms with van der Waals surface area (Å²) in [6, 6.07) is 10.6. The first-order chi connectivity index (χ1) is 9.80. The third kappa shape index (κ3) is 3.91. The predicted octanol–water partition coefficient (Wildman–Crippen LogP) is 3.74. The number of sulfonamides is 1. The van der Waals surface area contributed by atoms with Crippen molar-refractivity contribution in [3.05, 3.63) is 56.7 Å². The van der Waals surface area contributed by atoms with Crippen LogP contribution in [0.2, 0.25) is 0 Å². The number of halogens is 2. The van der Waals surface area contributed by atoms with Gasteiger partial charge in [-0.15, -0.1) is 0 Å². The fourth-order valence-corrected chi connectivity index (χ4v) is 4.44. The molecular formula is C14H14Br2N2O2S. The van der Waals surface area contributed by atoms with Gasteiger partial charge in [-0.2, -0.15) is 4.31 Å². The molecule has 2 rings (SSSR count). The van der Waals surface area contributed by atoms with Gasteiger partial charge in [-0.3, -0.25) is 4.98 Å². The van der Waals surface area contributed by atoms with Gasteiger partial charge < -0.3 is 0 Å². The lowest BCUT2D eigenvalue weighted by Gasteiger charge is -2.18. The third-order valence-corrected chi connectivity index (χ3v) is 6.20. The minimum atomic E-state index is -3.59. The van der Waals surface area contributed by atoms with Gasteiger partial charge in [-0.1, -0.05) is 22.0 Å². The van der Waals surface area contributed by atoms with Gasteiger partial charge in [0.1, 0.15) is 0 Å². The molecule has 2 aromatic rings. The summed E-state index contributed by atoms with van der Waals surface area (Å²) in [5.74, 6) is 0. The van der Waals surface area contributed by atoms with E-state index in [9.17, 15) is 8.42 Å². The highest BCUT2D eigenvalue weighted by Crippen LogP contribution is 2.28. The average molecular weight is 434 g/mol. The van der Waals surface area contributed by atoms with Crippen LogP contribution in [-0.2, 0) is 16.6 Å². The lowest BCUT2D eigenvalue weighted by atomic mass is 10.3. The first kappa shape index (κ1) is 16.6. The van der Waals surface area contributed by atoms with E-state index in [0.717, 1.165) is 5.69 Å². The van der Waals surface area contributed by atoms with E-state index in [-0.39, 0.29) is 11.4 Å². The summed E-state index contributed by atoms with van der Waals surface area (Å²) < 4.78 is 27.8. The molecule has 1 aromatic carbocycles. The zero-order chi connectivity index (χ0) is 15.6. The van der Waals surface area contributed by atoms with E-state index < -0.39 is 10.0 Å². The molecule has 4 nitrogen and oxygen atoms in total. The Morgan fingerprint density at radius 2 is 1.90 bits per heavy atom. The van der Waals surface area contributed by atoms with Gasteiger partial charge in [0.05, 0.1) is 17.1 Å². The molecule has 21 heavy (non-hydrogen) atoms. The number of hydrogen-bond donors (Lipinski definition) is 0. The first-order valence-electron chi connectivity index (χ1n) is 6.14. The molecule has 0 amide bonds. The number of hydrogen-bond acceptors (Lipinski definition) is 3. The Morgan fingerprint density at radius 3 is 2.57 bits per heavy atom. The Kier molecular flexibility index (Phi) is 5.19. The summed E-state index contributed by atoms with van der Waals surface area (Å²) in [4.78, 5) is 4.56. The smallest absolute Gasteiger partial charge is 0.244 e. The molecule has 0 bridgehead atoms. The Balaban J connectivity index is 2.33. The van der Waals surface area contributed by atoms with Crippen molar-refractivity contribution in [2.24, 2.45) is 0 Å². The Hall–Kier alpha value is -0.760. The molecule has 0 atom stereocenters. The maximum atomic E-state index is 12.6. The van der Waals surface area contributed by atoms with E-state index in [0.29, 0.717) is 14.6 Å². The van der Waals surface area contributed by atoms with Gasteiger partial charge in [0.15, 0.2) is 0 Å². The molecule has 0 radical (unpaired) electrons. The molecule has 112 valence electrons. The molecule has 0 saturated carbocycles. The van der Waals surface area contributed by atoms with Crippen LogP contribution in [0, 0.1) is 6.92 Å². The fourth-order valence-electron chi connectivity index (χ4n) is 1.84. The Bertz CT molecular complexity index is 763. The summed E-state index contributed by atoms with van der Waals surface area (Å²) in [7, 11) is -2.04. The van der Waals surface area contributed by atoms with E-state index in [4.69, 9.17) is 0 Å². The average Bonchev–Trinajstić information content (AvgIpc) is 2.41. The Morgan fingerprint density at radius 1 is 1.19 bits per heavy atom. The molecule has 0 aliphatic heterocycles. The van der Waals surface area contributed by atoms with Crippen LogP contribution in [0.25, 0.3) is 0 Å². The highest BCUT2D eigenvalue weighted by molar-refractivity contribution is 9.11. The number of benzene rings is 1. The van der Waals surface area contributed by atoms with E-state index >= 15 is 0 Å². The standard InChI is InChI=1S/C14H14Br2N2O2S/c1-10-4-3-5-12(17-10)9-18(2)21(19,20)14-8-11(15)6-7-13(14)16/h3-8H,9H2,1-2H3. The van der Waals surface area contributed by atoms with Crippen LogP contribution in [0.1, 0.15) is 11.4 Å². The van der Waals surface area contributed by atoms with Crippen molar-refractivity contribution in [1.82, 2.24) is 9.29 Å². The van der Waals surface area contributed by atoms with Crippen molar-refractivity contribution >= 4 is 41.9 Å². The topological polar surface area (TPSA) is 50.3 Å². The van der Waals surface area contributed by atoms with E-state index in [1.54, 1.807) is 25.2 Å². The maximum Gasteiger partial charge on any atom is 0.244 e. The maximum absolute atomic E-state index is 12.6. The van der Waals surface area contributed by atoms with Crippen LogP contribution in [0.4, 0.5) is 0 Å². The highest BCUT2D eigenvalue weighted by atomic mass is 79.9. The molecule has 0 N–H and O–H groups in total. The van der Waals surface area contributed by atoms with Gasteiger partial charge in [-0.25, -0.2) is 8.42 Å². The van der Waals surface area contributed by atoms with Gasteiger partial charge >= 0.3 is 0 Å². The fraction of sp³-hybridized carbons (Fsp3) is 0.214. The van der Waals surface area contributed by atoms with Crippen LogP contribution in [0.5, 0.6) is 0 Å². The summed E-state index contributed by atoms with van der Waals surface area (Å²) in [5.41, 5.74) is 1.58. The SMILES string of the molecule is Cc1cccc(CN(C)S(=O)(=O)c2cc(Br)ccc2Br)n1. The van der Waals surface area contributed by atoms with E-state index in [1.165, 1.54) is 4.31 Å². The number of nitrogens with zero attached hydrogens (tertiary/aromatic N) is 2. The van der Waals surface area contributed by atoms with Crippen LogP contribution < -0.4 is 0 Å². The molecule has 1 aromatic heterocycles. The minimum Gasteiger partial charge on any atom is -0.257 e. The predicted molar refractivity (Wildman–Crippen MR) is 89.5 cm³/mol. The van der Waals surface area contributed by atoms with Crippen LogP contribution in [0.15, 0.2) is 50.2 Å². The first-order valence-corrected chi connectivity index (χ1v) is 9.17. The van der Waals surface area contributed by atoms with Crippen LogP contribution in [-0.4, -0.2) is 24.8 Å². The van der Waals surface area contributed by atoms with Crippen molar-refractivity contribution in [2.45, 2.75) is 18.4 Å². The number of aromatic nitrogens is 1. The second kappa shape index (κ2) is 6.56. The molecule has 1 heterocycles. The second-order valence-corrected chi connectivity index (χ2v) is 8.39. The van der Waals surface area contributed by atoms with E-state index in [1.807, 2.05) is 25.1 Å². The van der Waals surface area contributed by atoms with Crippen molar-refractivity contribution in [2.75, 3.05) is 7.05 Å². The summed E-state index contributed by atoms with van der Waals surface area (Å²) in [6.45, 7) is 2.10. The molecule has 7 heteroatoms. The number of rotatable bonds is 4. The second-order valence-electron chi connectivity index (χ2n) is 4.61. The van der Waals surface area contributed by atoms with Crippen LogP contribution >= 0.6 is 31.9 Å². The summed E-state index contributed by atoms with van der Waals surface area (Å²) in [5, 5.41) is 0. The van der Waals surface area contributed by atoms with Gasteiger partial charge in [0.2, 0.25) is 10.0 Å². The molecule has 0 aliphatic rings. The zero-order valence-corrected chi connectivity index (χ0v) is 15.5. The molecule has 0 spiro atoms. The lowest BCUT2D eigenvalue weighted by molar-refractivity contribution is 0.461. The van der Waals surface area contributed by atoms with Crippen molar-refractivity contribution in [3.8, 4) is 0 Å². The lowest BCUT2D eigenvalue weighted by Crippen LogP contribution is -2.27. The monoisotopic (exact) mass is 432 g/mol. The van der Waals surface area contributed by atoms with Gasteiger partial charge in [0.25, 0.3) is 0 Å². The quantitative estimate of drug-likeness (QED) is 0.737. The van der Waals surface area contributed by atoms with Crippen molar-refractivity contribution in [3.63, 3.8) is 0 Å². The molecule has 0 saturated heterocycles. The normalized spacial score (nSPS) is 11.9. The largest absolute Gasteiger partial charge is 0.257 e. The van der Waals surface area contributed by atoms with Crippen LogP contribution in [0.3, 0.4) is 0 Å². The number of aryl methyl sites for hydroxylation is 1. The highest BCUT2D eigenvalue weighted by Gasteiger charge is 2.24. The summed E-state index contributed by atoms with van der Waals surface area (Å²) >= 11 is 6.59. The summed E-state index contributed by atoms with van der Waals surface area (Å²) in [6.07, 6.45) is 0. The minimum absolute atomic E-state index is 0.225. The number of pyridine rings is 1. The Labute approximate surface area is 141 Å². The molecule has 0 unspecified atom stereocenters. The zero-order valence-electron chi connectivity index (χ0n) is 11.5. The molecule has 0 fully saturated rings. The molecular weight excluding hydrogens is 420 g/mol. The van der Waals surface area contributed by atoms with E-state index in [2.05, 4.69) is 36.8 Å². The van der Waals surface area contributed by atoms with Crippen molar-refractivity contribution in [1.29, 1.82) is 0 Å². The third-order valence-electron chi connectivity index (χ3n) is 2.91. The van der Waals surface area contributed by atoms with Crippen molar-refractivity contribution < 1.29 is 8.42 Å². The van der Waals surface area contributed by atoms with Gasteiger partial charge in [-0.05, 0) is 53.2 Å². The molecule has 0 aliphatic carbocycles. The van der Waals surface area contributed by atoms with Gasteiger partial charge in [0, 0.05) is 21.7 Å².